The summed E-state index contributed by atoms with van der Waals surface area (Å²) in [6, 6.07) is 7.80. The molecule has 0 spiro atoms. The Hall–Kier alpha value is -2.12. The van der Waals surface area contributed by atoms with E-state index in [0.29, 0.717) is 26.2 Å². The van der Waals surface area contributed by atoms with E-state index in [1.807, 2.05) is 49.9 Å². The zero-order valence-electron chi connectivity index (χ0n) is 14.3. The van der Waals surface area contributed by atoms with Crippen LogP contribution in [-0.2, 0) is 28.5 Å². The summed E-state index contributed by atoms with van der Waals surface area (Å²) in [6.45, 7) is 7.69. The Morgan fingerprint density at radius 3 is 1.96 bits per heavy atom. The fourth-order valence-corrected chi connectivity index (χ4v) is 2.24. The Kier molecular flexibility index (Phi) is 9.48. The van der Waals surface area contributed by atoms with Crippen LogP contribution in [0.2, 0.25) is 0 Å². The van der Waals surface area contributed by atoms with Gasteiger partial charge in [-0.2, -0.15) is 0 Å². The molecule has 0 amide bonds. The molecule has 0 radical (unpaired) electrons. The van der Waals surface area contributed by atoms with Gasteiger partial charge in [0.1, 0.15) is 0 Å². The number of hydrogen-bond donors (Lipinski definition) is 0. The highest BCUT2D eigenvalue weighted by atomic mass is 16.7. The topological polar surface area (TPSA) is 74.3 Å². The molecule has 0 N–H and O–H groups in total. The summed E-state index contributed by atoms with van der Waals surface area (Å²) in [4.78, 5) is 23.2. The van der Waals surface area contributed by atoms with Crippen molar-refractivity contribution in [2.45, 2.75) is 33.4 Å². The van der Waals surface area contributed by atoms with Gasteiger partial charge in [0.05, 0.1) is 13.1 Å². The van der Waals surface area contributed by atoms with Crippen LogP contribution in [0, 0.1) is 6.92 Å². The summed E-state index contributed by atoms with van der Waals surface area (Å²) in [5.41, 5.74) is 1.96. The van der Waals surface area contributed by atoms with E-state index in [9.17, 15) is 9.59 Å². The standard InChI is InChI=1S/C17H25NO6/c1-4-21-16(23-12-19)10-18(11-17(22-5-2)24-13-20)15-8-6-7-14(3)9-15/h6-9,12-13,16-17H,4-5,10-11H2,1-3H3. The minimum absolute atomic E-state index is 0.280. The Morgan fingerprint density at radius 1 is 1.00 bits per heavy atom. The lowest BCUT2D eigenvalue weighted by atomic mass is 10.2. The lowest BCUT2D eigenvalue weighted by molar-refractivity contribution is -0.163. The number of nitrogens with zero attached hydrogens (tertiary/aromatic N) is 1. The molecule has 2 atom stereocenters. The van der Waals surface area contributed by atoms with Crippen LogP contribution in [0.15, 0.2) is 24.3 Å². The second-order valence-corrected chi connectivity index (χ2v) is 4.98. The van der Waals surface area contributed by atoms with E-state index in [4.69, 9.17) is 18.9 Å². The van der Waals surface area contributed by atoms with Crippen molar-refractivity contribution in [1.29, 1.82) is 0 Å². The van der Waals surface area contributed by atoms with Crippen LogP contribution in [0.25, 0.3) is 0 Å². The quantitative estimate of drug-likeness (QED) is 0.401. The highest BCUT2D eigenvalue weighted by Crippen LogP contribution is 2.18. The maximum absolute atomic E-state index is 10.7. The molecule has 1 aromatic rings. The third-order valence-electron chi connectivity index (χ3n) is 3.23. The predicted molar refractivity (Wildman–Crippen MR) is 88.5 cm³/mol. The number of benzene rings is 1. The van der Waals surface area contributed by atoms with E-state index in [1.165, 1.54) is 0 Å². The number of aryl methyl sites for hydroxylation is 1. The van der Waals surface area contributed by atoms with Crippen LogP contribution in [0.3, 0.4) is 0 Å². The molecule has 0 aliphatic rings. The molecule has 2 unspecified atom stereocenters. The lowest BCUT2D eigenvalue weighted by Gasteiger charge is -2.31. The van der Waals surface area contributed by atoms with Gasteiger partial charge in [0.2, 0.25) is 12.6 Å². The van der Waals surface area contributed by atoms with E-state index >= 15 is 0 Å². The summed E-state index contributed by atoms with van der Waals surface area (Å²) in [7, 11) is 0. The van der Waals surface area contributed by atoms with Crippen molar-refractivity contribution in [2.75, 3.05) is 31.2 Å². The van der Waals surface area contributed by atoms with Crippen molar-refractivity contribution in [3.63, 3.8) is 0 Å². The fraction of sp³-hybridized carbons (Fsp3) is 0.529. The van der Waals surface area contributed by atoms with Crippen molar-refractivity contribution < 1.29 is 28.5 Å². The molecule has 134 valence electrons. The molecule has 0 aliphatic heterocycles. The van der Waals surface area contributed by atoms with E-state index < -0.39 is 12.6 Å². The molecule has 0 aliphatic carbocycles. The Bertz CT molecular complexity index is 474. The zero-order valence-corrected chi connectivity index (χ0v) is 14.3. The van der Waals surface area contributed by atoms with Crippen LogP contribution in [0.1, 0.15) is 19.4 Å². The van der Waals surface area contributed by atoms with Gasteiger partial charge in [-0.25, -0.2) is 0 Å². The van der Waals surface area contributed by atoms with Gasteiger partial charge < -0.3 is 23.8 Å². The molecule has 1 aromatic carbocycles. The third kappa shape index (κ3) is 6.97. The van der Waals surface area contributed by atoms with E-state index in [-0.39, 0.29) is 13.1 Å². The van der Waals surface area contributed by atoms with E-state index in [0.717, 1.165) is 11.3 Å². The molecule has 0 aromatic heterocycles. The molecular weight excluding hydrogens is 314 g/mol. The average Bonchev–Trinajstić information content (AvgIpc) is 2.55. The Morgan fingerprint density at radius 2 is 1.54 bits per heavy atom. The van der Waals surface area contributed by atoms with Crippen LogP contribution in [-0.4, -0.2) is 51.8 Å². The smallest absolute Gasteiger partial charge is 0.295 e. The Labute approximate surface area is 142 Å². The molecule has 0 bridgehead atoms. The maximum atomic E-state index is 10.7. The molecule has 0 fully saturated rings. The number of anilines is 1. The van der Waals surface area contributed by atoms with Gasteiger partial charge >= 0.3 is 0 Å². The summed E-state index contributed by atoms with van der Waals surface area (Å²) >= 11 is 0. The van der Waals surface area contributed by atoms with Crippen molar-refractivity contribution in [3.8, 4) is 0 Å². The van der Waals surface area contributed by atoms with Gasteiger partial charge in [0.25, 0.3) is 12.9 Å². The molecule has 0 heterocycles. The number of hydrogen-bond acceptors (Lipinski definition) is 7. The second-order valence-electron chi connectivity index (χ2n) is 4.98. The summed E-state index contributed by atoms with van der Waals surface area (Å²) in [5.74, 6) is 0. The number of carbonyl (C=O) groups excluding carboxylic acids is 2. The minimum Gasteiger partial charge on any atom is -0.436 e. The van der Waals surface area contributed by atoms with Gasteiger partial charge in [-0.1, -0.05) is 12.1 Å². The van der Waals surface area contributed by atoms with E-state index in [2.05, 4.69) is 0 Å². The summed E-state index contributed by atoms with van der Waals surface area (Å²) in [6.07, 6.45) is -1.46. The van der Waals surface area contributed by atoms with Gasteiger partial charge in [0, 0.05) is 18.9 Å². The van der Waals surface area contributed by atoms with Gasteiger partial charge in [-0.3, -0.25) is 9.59 Å². The molecule has 1 rings (SSSR count). The highest BCUT2D eigenvalue weighted by molar-refractivity contribution is 5.49. The first kappa shape index (κ1) is 19.9. The first-order chi connectivity index (χ1) is 11.6. The normalized spacial score (nSPS) is 13.0. The molecule has 24 heavy (non-hydrogen) atoms. The maximum Gasteiger partial charge on any atom is 0.295 e. The van der Waals surface area contributed by atoms with E-state index in [1.54, 1.807) is 0 Å². The predicted octanol–water partition coefficient (Wildman–Crippen LogP) is 1.87. The molecular formula is C17H25NO6. The molecule has 0 saturated carbocycles. The van der Waals surface area contributed by atoms with Crippen LogP contribution in [0.4, 0.5) is 5.69 Å². The lowest BCUT2D eigenvalue weighted by Crippen LogP contribution is -2.41. The van der Waals surface area contributed by atoms with Crippen LogP contribution in [0.5, 0.6) is 0 Å². The molecule has 7 nitrogen and oxygen atoms in total. The van der Waals surface area contributed by atoms with Crippen LogP contribution >= 0.6 is 0 Å². The number of ether oxygens (including phenoxy) is 4. The first-order valence-corrected chi connectivity index (χ1v) is 7.87. The SMILES string of the molecule is CCOC(CN(CC(OC=O)OCC)c1cccc(C)c1)OC=O. The summed E-state index contributed by atoms with van der Waals surface area (Å²) in [5, 5.41) is 0. The monoisotopic (exact) mass is 339 g/mol. The van der Waals surface area contributed by atoms with Crippen molar-refractivity contribution in [3.05, 3.63) is 29.8 Å². The largest absolute Gasteiger partial charge is 0.436 e. The van der Waals surface area contributed by atoms with Gasteiger partial charge in [0.15, 0.2) is 0 Å². The third-order valence-corrected chi connectivity index (χ3v) is 3.23. The minimum atomic E-state index is -0.730. The number of carbonyl (C=O) groups is 2. The summed E-state index contributed by atoms with van der Waals surface area (Å²) < 4.78 is 20.8. The second kappa shape index (κ2) is 11.4. The fourth-order valence-electron chi connectivity index (χ4n) is 2.24. The first-order valence-electron chi connectivity index (χ1n) is 7.87. The highest BCUT2D eigenvalue weighted by Gasteiger charge is 2.21. The number of rotatable bonds is 13. The van der Waals surface area contributed by atoms with Crippen LogP contribution < -0.4 is 4.90 Å². The van der Waals surface area contributed by atoms with Gasteiger partial charge in [-0.15, -0.1) is 0 Å². The Balaban J connectivity index is 2.96. The van der Waals surface area contributed by atoms with Crippen molar-refractivity contribution in [2.24, 2.45) is 0 Å². The molecule has 7 heteroatoms. The molecule has 0 saturated heterocycles. The van der Waals surface area contributed by atoms with Gasteiger partial charge in [-0.05, 0) is 38.5 Å². The average molecular weight is 339 g/mol. The zero-order chi connectivity index (χ0) is 17.8. The van der Waals surface area contributed by atoms with Crippen molar-refractivity contribution >= 4 is 18.6 Å². The van der Waals surface area contributed by atoms with Crippen molar-refractivity contribution in [1.82, 2.24) is 0 Å².